The van der Waals surface area contributed by atoms with E-state index in [0.717, 1.165) is 5.56 Å². The molecule has 0 aliphatic heterocycles. The third-order valence-electron chi connectivity index (χ3n) is 2.93. The zero-order valence-corrected chi connectivity index (χ0v) is 12.8. The van der Waals surface area contributed by atoms with Crippen LogP contribution < -0.4 is 4.74 Å². The topological polar surface area (TPSA) is 52.6 Å². The van der Waals surface area contributed by atoms with Crippen LogP contribution in [0.25, 0.3) is 0 Å². The molecule has 0 unspecified atom stereocenters. The standard InChI is InChI=1S/C17H15ClO4/c1-12-4-2-3-5-16(12)21-10-15(19)11-22-17(20)13-6-8-14(18)9-7-13/h2-9H,10-11H2,1H3. The highest BCUT2D eigenvalue weighted by Crippen LogP contribution is 2.16. The molecule has 2 aromatic rings. The summed E-state index contributed by atoms with van der Waals surface area (Å²) in [6.45, 7) is 1.42. The van der Waals surface area contributed by atoms with E-state index in [-0.39, 0.29) is 19.0 Å². The Morgan fingerprint density at radius 2 is 1.68 bits per heavy atom. The molecule has 2 rings (SSSR count). The molecule has 0 saturated carbocycles. The number of hydrogen-bond acceptors (Lipinski definition) is 4. The molecule has 0 aliphatic carbocycles. The van der Waals surface area contributed by atoms with Crippen LogP contribution in [-0.2, 0) is 9.53 Å². The number of ketones is 1. The van der Waals surface area contributed by atoms with Crippen LogP contribution in [-0.4, -0.2) is 25.0 Å². The lowest BCUT2D eigenvalue weighted by atomic mass is 10.2. The average molecular weight is 319 g/mol. The molecule has 0 bridgehead atoms. The fourth-order valence-electron chi connectivity index (χ4n) is 1.73. The molecule has 114 valence electrons. The minimum atomic E-state index is -0.569. The molecule has 0 fully saturated rings. The van der Waals surface area contributed by atoms with Crippen LogP contribution in [0.3, 0.4) is 0 Å². The zero-order valence-electron chi connectivity index (χ0n) is 12.0. The summed E-state index contributed by atoms with van der Waals surface area (Å²) in [5, 5.41) is 0.527. The Balaban J connectivity index is 1.79. The fraction of sp³-hybridized carbons (Fsp3) is 0.176. The Hall–Kier alpha value is -2.33. The summed E-state index contributed by atoms with van der Waals surface area (Å²) in [6, 6.07) is 13.6. The molecule has 0 saturated heterocycles. The number of carbonyl (C=O) groups excluding carboxylic acids is 2. The maximum atomic E-state index is 11.7. The zero-order chi connectivity index (χ0) is 15.9. The Morgan fingerprint density at radius 3 is 2.36 bits per heavy atom. The lowest BCUT2D eigenvalue weighted by Gasteiger charge is -2.08. The summed E-state index contributed by atoms with van der Waals surface area (Å²) >= 11 is 5.73. The number of Topliss-reactive ketones (excluding diaryl/α,β-unsaturated/α-hetero) is 1. The number of carbonyl (C=O) groups is 2. The van der Waals surface area contributed by atoms with E-state index in [1.54, 1.807) is 30.3 Å². The van der Waals surface area contributed by atoms with Crippen LogP contribution in [0.5, 0.6) is 5.75 Å². The van der Waals surface area contributed by atoms with Gasteiger partial charge in [-0.25, -0.2) is 4.79 Å². The molecule has 0 aromatic heterocycles. The quantitative estimate of drug-likeness (QED) is 0.765. The first-order valence-corrected chi connectivity index (χ1v) is 7.07. The summed E-state index contributed by atoms with van der Waals surface area (Å²) in [5.41, 5.74) is 1.28. The van der Waals surface area contributed by atoms with E-state index in [2.05, 4.69) is 0 Å². The van der Waals surface area contributed by atoms with E-state index in [1.165, 1.54) is 0 Å². The van der Waals surface area contributed by atoms with Gasteiger partial charge >= 0.3 is 5.97 Å². The predicted molar refractivity (Wildman–Crippen MR) is 83.4 cm³/mol. The number of para-hydroxylation sites is 1. The molecule has 0 heterocycles. The molecule has 0 atom stereocenters. The van der Waals surface area contributed by atoms with Gasteiger partial charge in [0.05, 0.1) is 5.56 Å². The predicted octanol–water partition coefficient (Wildman–Crippen LogP) is 3.45. The van der Waals surface area contributed by atoms with Crippen molar-refractivity contribution < 1.29 is 19.1 Å². The second-order valence-corrected chi connectivity index (χ2v) is 5.11. The van der Waals surface area contributed by atoms with Gasteiger partial charge in [0.2, 0.25) is 5.78 Å². The largest absolute Gasteiger partial charge is 0.485 e. The lowest BCUT2D eigenvalue weighted by molar-refractivity contribution is -0.124. The van der Waals surface area contributed by atoms with Gasteiger partial charge < -0.3 is 9.47 Å². The van der Waals surface area contributed by atoms with Gasteiger partial charge in [0.15, 0.2) is 13.2 Å². The van der Waals surface area contributed by atoms with E-state index >= 15 is 0 Å². The Labute approximate surface area is 133 Å². The van der Waals surface area contributed by atoms with Gasteiger partial charge in [0.25, 0.3) is 0 Å². The van der Waals surface area contributed by atoms with E-state index in [4.69, 9.17) is 21.1 Å². The molecule has 0 radical (unpaired) electrons. The second kappa shape index (κ2) is 7.61. The molecule has 0 aliphatic rings. The highest BCUT2D eigenvalue weighted by molar-refractivity contribution is 6.30. The molecular formula is C17H15ClO4. The fourth-order valence-corrected chi connectivity index (χ4v) is 1.86. The molecule has 0 N–H and O–H groups in total. The second-order valence-electron chi connectivity index (χ2n) is 4.68. The summed E-state index contributed by atoms with van der Waals surface area (Å²) in [7, 11) is 0. The molecular weight excluding hydrogens is 304 g/mol. The van der Waals surface area contributed by atoms with Crippen molar-refractivity contribution in [3.63, 3.8) is 0 Å². The van der Waals surface area contributed by atoms with Crippen LogP contribution in [0, 0.1) is 6.92 Å². The number of ether oxygens (including phenoxy) is 2. The molecule has 0 spiro atoms. The summed E-state index contributed by atoms with van der Waals surface area (Å²) in [4.78, 5) is 23.4. The number of benzene rings is 2. The van der Waals surface area contributed by atoms with Crippen LogP contribution in [0.2, 0.25) is 5.02 Å². The minimum Gasteiger partial charge on any atom is -0.485 e. The van der Waals surface area contributed by atoms with Crippen LogP contribution in [0.1, 0.15) is 15.9 Å². The summed E-state index contributed by atoms with van der Waals surface area (Å²) in [6.07, 6.45) is 0. The molecule has 4 nitrogen and oxygen atoms in total. The van der Waals surface area contributed by atoms with Crippen LogP contribution in [0.15, 0.2) is 48.5 Å². The number of halogens is 1. The van der Waals surface area contributed by atoms with Crippen molar-refractivity contribution in [2.75, 3.05) is 13.2 Å². The SMILES string of the molecule is Cc1ccccc1OCC(=O)COC(=O)c1ccc(Cl)cc1. The van der Waals surface area contributed by atoms with Crippen molar-refractivity contribution in [3.8, 4) is 5.75 Å². The van der Waals surface area contributed by atoms with Gasteiger partial charge in [-0.2, -0.15) is 0 Å². The van der Waals surface area contributed by atoms with Crippen molar-refractivity contribution in [1.29, 1.82) is 0 Å². The van der Waals surface area contributed by atoms with Gasteiger partial charge in [-0.1, -0.05) is 29.8 Å². The van der Waals surface area contributed by atoms with Crippen LogP contribution >= 0.6 is 11.6 Å². The Morgan fingerprint density at radius 1 is 1.00 bits per heavy atom. The summed E-state index contributed by atoms with van der Waals surface area (Å²) in [5.74, 6) is -0.244. The Kier molecular flexibility index (Phi) is 5.55. The third kappa shape index (κ3) is 4.60. The van der Waals surface area contributed by atoms with Crippen molar-refractivity contribution in [2.24, 2.45) is 0 Å². The highest BCUT2D eigenvalue weighted by atomic mass is 35.5. The number of aryl methyl sites for hydroxylation is 1. The van der Waals surface area contributed by atoms with E-state index in [0.29, 0.717) is 16.3 Å². The highest BCUT2D eigenvalue weighted by Gasteiger charge is 2.11. The first-order valence-electron chi connectivity index (χ1n) is 6.69. The average Bonchev–Trinajstić information content (AvgIpc) is 2.52. The van der Waals surface area contributed by atoms with E-state index < -0.39 is 5.97 Å². The third-order valence-corrected chi connectivity index (χ3v) is 3.18. The maximum Gasteiger partial charge on any atom is 0.338 e. The van der Waals surface area contributed by atoms with Gasteiger partial charge in [0, 0.05) is 5.02 Å². The number of esters is 1. The molecule has 5 heteroatoms. The Bertz CT molecular complexity index is 665. The van der Waals surface area contributed by atoms with E-state index in [1.807, 2.05) is 25.1 Å². The smallest absolute Gasteiger partial charge is 0.338 e. The van der Waals surface area contributed by atoms with Crippen molar-refractivity contribution >= 4 is 23.4 Å². The number of rotatable bonds is 6. The van der Waals surface area contributed by atoms with Crippen molar-refractivity contribution in [3.05, 3.63) is 64.7 Å². The first-order chi connectivity index (χ1) is 10.6. The number of hydrogen-bond donors (Lipinski definition) is 0. The minimum absolute atomic E-state index is 0.140. The van der Waals surface area contributed by atoms with Crippen LogP contribution in [0.4, 0.5) is 0 Å². The van der Waals surface area contributed by atoms with Gasteiger partial charge in [-0.05, 0) is 42.8 Å². The van der Waals surface area contributed by atoms with Gasteiger partial charge in [0.1, 0.15) is 5.75 Å². The first kappa shape index (κ1) is 16.0. The molecule has 0 amide bonds. The van der Waals surface area contributed by atoms with E-state index in [9.17, 15) is 9.59 Å². The molecule has 2 aromatic carbocycles. The lowest BCUT2D eigenvalue weighted by Crippen LogP contribution is -2.20. The molecule has 22 heavy (non-hydrogen) atoms. The van der Waals surface area contributed by atoms with Gasteiger partial charge in [-0.15, -0.1) is 0 Å². The van der Waals surface area contributed by atoms with Gasteiger partial charge in [-0.3, -0.25) is 4.79 Å². The summed E-state index contributed by atoms with van der Waals surface area (Å²) < 4.78 is 10.3. The van der Waals surface area contributed by atoms with Crippen molar-refractivity contribution in [1.82, 2.24) is 0 Å². The van der Waals surface area contributed by atoms with Crippen molar-refractivity contribution in [2.45, 2.75) is 6.92 Å². The maximum absolute atomic E-state index is 11.7. The monoisotopic (exact) mass is 318 g/mol. The normalized spacial score (nSPS) is 10.1.